The zero-order valence-electron chi connectivity index (χ0n) is 10.5. The molecule has 1 aromatic heterocycles. The lowest BCUT2D eigenvalue weighted by molar-refractivity contribution is 0.572. The maximum Gasteiger partial charge on any atom is 0.175 e. The molecular weight excluding hydrogens is 330 g/mol. The van der Waals surface area contributed by atoms with E-state index in [1.54, 1.807) is 35.1 Å². The van der Waals surface area contributed by atoms with Crippen molar-refractivity contribution in [2.45, 2.75) is 17.9 Å². The van der Waals surface area contributed by atoms with Crippen LogP contribution in [-0.2, 0) is 9.84 Å². The fraction of sp³-hybridized carbons (Fsp3) is 0.250. The molecule has 0 aliphatic heterocycles. The Morgan fingerprint density at radius 3 is 2.32 bits per heavy atom. The highest BCUT2D eigenvalue weighted by molar-refractivity contribution is 9.10. The largest absolute Gasteiger partial charge is 0.383 e. The SMILES string of the molecule is CC(c1ccc(S(C)(=O)=O)cc1)n1ncc(Br)c1N. The number of anilines is 1. The number of hydrogen-bond donors (Lipinski definition) is 1. The molecule has 7 heteroatoms. The average Bonchev–Trinajstić information content (AvgIpc) is 2.68. The molecule has 5 nitrogen and oxygen atoms in total. The van der Waals surface area contributed by atoms with Crippen molar-refractivity contribution in [3.63, 3.8) is 0 Å². The first kappa shape index (κ1) is 14.1. The zero-order valence-corrected chi connectivity index (χ0v) is 12.9. The summed E-state index contributed by atoms with van der Waals surface area (Å²) in [6.45, 7) is 1.95. The van der Waals surface area contributed by atoms with Gasteiger partial charge in [-0.1, -0.05) is 12.1 Å². The van der Waals surface area contributed by atoms with E-state index in [1.807, 2.05) is 6.92 Å². The predicted octanol–water partition coefficient (Wildman–Crippen LogP) is 2.24. The highest BCUT2D eigenvalue weighted by atomic mass is 79.9. The quantitative estimate of drug-likeness (QED) is 0.926. The lowest BCUT2D eigenvalue weighted by Crippen LogP contribution is -2.11. The molecular formula is C12H14BrN3O2S. The van der Waals surface area contributed by atoms with Gasteiger partial charge in [-0.05, 0) is 40.5 Å². The first-order chi connectivity index (χ1) is 8.80. The molecule has 1 atom stereocenters. The van der Waals surface area contributed by atoms with Crippen LogP contribution in [0, 0.1) is 0 Å². The number of hydrogen-bond acceptors (Lipinski definition) is 4. The van der Waals surface area contributed by atoms with Crippen LogP contribution < -0.4 is 5.73 Å². The first-order valence-corrected chi connectivity index (χ1v) is 8.27. The second-order valence-corrected chi connectivity index (χ2v) is 7.21. The number of sulfone groups is 1. The van der Waals surface area contributed by atoms with E-state index >= 15 is 0 Å². The molecule has 0 saturated heterocycles. The molecule has 0 fully saturated rings. The predicted molar refractivity (Wildman–Crippen MR) is 77.7 cm³/mol. The van der Waals surface area contributed by atoms with Gasteiger partial charge in [-0.3, -0.25) is 0 Å². The van der Waals surface area contributed by atoms with Crippen molar-refractivity contribution in [3.05, 3.63) is 40.5 Å². The summed E-state index contributed by atoms with van der Waals surface area (Å²) in [5.74, 6) is 0.541. The molecule has 0 radical (unpaired) electrons. The molecule has 0 bridgehead atoms. The van der Waals surface area contributed by atoms with Crippen molar-refractivity contribution in [1.29, 1.82) is 0 Å². The Labute approximate surface area is 120 Å². The summed E-state index contributed by atoms with van der Waals surface area (Å²) in [5.41, 5.74) is 6.84. The van der Waals surface area contributed by atoms with E-state index < -0.39 is 9.84 Å². The van der Waals surface area contributed by atoms with E-state index in [2.05, 4.69) is 21.0 Å². The van der Waals surface area contributed by atoms with Crippen LogP contribution in [-0.4, -0.2) is 24.5 Å². The summed E-state index contributed by atoms with van der Waals surface area (Å²) in [5, 5.41) is 4.19. The number of rotatable bonds is 3. The van der Waals surface area contributed by atoms with E-state index in [4.69, 9.17) is 5.73 Å². The average molecular weight is 344 g/mol. The van der Waals surface area contributed by atoms with Crippen molar-refractivity contribution in [2.75, 3.05) is 12.0 Å². The van der Waals surface area contributed by atoms with Gasteiger partial charge in [-0.15, -0.1) is 0 Å². The molecule has 1 aromatic carbocycles. The Morgan fingerprint density at radius 1 is 1.32 bits per heavy atom. The molecule has 0 aliphatic carbocycles. The topological polar surface area (TPSA) is 78.0 Å². The third kappa shape index (κ3) is 2.82. The van der Waals surface area contributed by atoms with E-state index in [0.717, 1.165) is 10.0 Å². The van der Waals surface area contributed by atoms with Crippen molar-refractivity contribution in [3.8, 4) is 0 Å². The van der Waals surface area contributed by atoms with Gasteiger partial charge >= 0.3 is 0 Å². The number of nitrogens with zero attached hydrogens (tertiary/aromatic N) is 2. The first-order valence-electron chi connectivity index (χ1n) is 5.59. The Kier molecular flexibility index (Phi) is 3.69. The van der Waals surface area contributed by atoms with Gasteiger partial charge < -0.3 is 5.73 Å². The number of aromatic nitrogens is 2. The molecule has 102 valence electrons. The molecule has 1 heterocycles. The van der Waals surface area contributed by atoms with Crippen molar-refractivity contribution >= 4 is 31.6 Å². The molecule has 1 unspecified atom stereocenters. The molecule has 2 N–H and O–H groups in total. The van der Waals surface area contributed by atoms with Crippen LogP contribution in [0.1, 0.15) is 18.5 Å². The van der Waals surface area contributed by atoms with E-state index in [1.165, 1.54) is 6.26 Å². The molecule has 2 rings (SSSR count). The Bertz CT molecular complexity index is 692. The Balaban J connectivity index is 2.35. The summed E-state index contributed by atoms with van der Waals surface area (Å²) >= 11 is 3.31. The number of halogens is 1. The van der Waals surface area contributed by atoms with Gasteiger partial charge in [0.25, 0.3) is 0 Å². The van der Waals surface area contributed by atoms with Crippen LogP contribution in [0.15, 0.2) is 39.8 Å². The minimum atomic E-state index is -3.17. The normalized spacial score (nSPS) is 13.4. The number of nitrogen functional groups attached to an aromatic ring is 1. The fourth-order valence-electron chi connectivity index (χ4n) is 1.79. The van der Waals surface area contributed by atoms with Crippen LogP contribution in [0.25, 0.3) is 0 Å². The van der Waals surface area contributed by atoms with Crippen molar-refractivity contribution in [2.24, 2.45) is 0 Å². The standard InChI is InChI=1S/C12H14BrN3O2S/c1-8(16-12(14)11(13)7-15-16)9-3-5-10(6-4-9)19(2,17)18/h3-8H,14H2,1-2H3. The minimum absolute atomic E-state index is 0.0695. The van der Waals surface area contributed by atoms with E-state index in [0.29, 0.717) is 10.7 Å². The summed E-state index contributed by atoms with van der Waals surface area (Å²) in [6, 6.07) is 6.66. The number of nitrogens with two attached hydrogens (primary N) is 1. The Hall–Kier alpha value is -1.34. The smallest absolute Gasteiger partial charge is 0.175 e. The minimum Gasteiger partial charge on any atom is -0.383 e. The van der Waals surface area contributed by atoms with Crippen LogP contribution in [0.3, 0.4) is 0 Å². The molecule has 19 heavy (non-hydrogen) atoms. The van der Waals surface area contributed by atoms with Gasteiger partial charge in [0.2, 0.25) is 0 Å². The van der Waals surface area contributed by atoms with Gasteiger partial charge in [0.05, 0.1) is 21.6 Å². The molecule has 0 amide bonds. The van der Waals surface area contributed by atoms with Crippen LogP contribution in [0.4, 0.5) is 5.82 Å². The van der Waals surface area contributed by atoms with E-state index in [-0.39, 0.29) is 6.04 Å². The lowest BCUT2D eigenvalue weighted by Gasteiger charge is -2.14. The second kappa shape index (κ2) is 4.97. The molecule has 0 aliphatic rings. The summed E-state index contributed by atoms with van der Waals surface area (Å²) in [6.07, 6.45) is 2.82. The van der Waals surface area contributed by atoms with Crippen molar-refractivity contribution < 1.29 is 8.42 Å². The molecule has 0 spiro atoms. The summed E-state index contributed by atoms with van der Waals surface area (Å²) in [7, 11) is -3.17. The second-order valence-electron chi connectivity index (χ2n) is 4.34. The van der Waals surface area contributed by atoms with Crippen LogP contribution in [0.5, 0.6) is 0 Å². The number of benzene rings is 1. The summed E-state index contributed by atoms with van der Waals surface area (Å²) in [4.78, 5) is 0.304. The summed E-state index contributed by atoms with van der Waals surface area (Å²) < 4.78 is 25.2. The van der Waals surface area contributed by atoms with Gasteiger partial charge in [-0.25, -0.2) is 13.1 Å². The fourth-order valence-corrected chi connectivity index (χ4v) is 2.70. The van der Waals surface area contributed by atoms with Crippen LogP contribution in [0.2, 0.25) is 0 Å². The maximum absolute atomic E-state index is 11.4. The monoisotopic (exact) mass is 343 g/mol. The van der Waals surface area contributed by atoms with Gasteiger partial charge in [0.1, 0.15) is 5.82 Å². The third-order valence-electron chi connectivity index (χ3n) is 2.94. The molecule has 0 saturated carbocycles. The van der Waals surface area contributed by atoms with Gasteiger partial charge in [0, 0.05) is 6.26 Å². The van der Waals surface area contributed by atoms with Crippen LogP contribution >= 0.6 is 15.9 Å². The van der Waals surface area contributed by atoms with E-state index in [9.17, 15) is 8.42 Å². The molecule has 2 aromatic rings. The highest BCUT2D eigenvalue weighted by Gasteiger charge is 2.14. The van der Waals surface area contributed by atoms with Gasteiger partial charge in [-0.2, -0.15) is 5.10 Å². The third-order valence-corrected chi connectivity index (χ3v) is 4.68. The highest BCUT2D eigenvalue weighted by Crippen LogP contribution is 2.26. The Morgan fingerprint density at radius 2 is 1.89 bits per heavy atom. The maximum atomic E-state index is 11.4. The van der Waals surface area contributed by atoms with Crippen molar-refractivity contribution in [1.82, 2.24) is 9.78 Å². The zero-order chi connectivity index (χ0) is 14.2. The van der Waals surface area contributed by atoms with Gasteiger partial charge in [0.15, 0.2) is 9.84 Å². The lowest BCUT2D eigenvalue weighted by atomic mass is 10.1.